The Balaban J connectivity index is 1.39. The molecule has 0 unspecified atom stereocenters. The van der Waals surface area contributed by atoms with Crippen molar-refractivity contribution in [3.63, 3.8) is 0 Å². The first-order valence-corrected chi connectivity index (χ1v) is 15.3. The maximum absolute atomic E-state index is 13.3. The predicted octanol–water partition coefficient (Wildman–Crippen LogP) is 3.69. The van der Waals surface area contributed by atoms with Gasteiger partial charge in [0.2, 0.25) is 15.9 Å². The SMILES string of the molecule is CC(C)Cn1c(SCC(=O)N2c3ccccc3C[C@H]2C)nnc1-c1cccc(S(=O)(=O)N2CCOCC2)c1. The number of carbonyl (C=O) groups excluding carboxylic acids is 1. The number of fused-ring (bicyclic) bond motifs is 1. The average Bonchev–Trinajstić information content (AvgIpc) is 3.47. The van der Waals surface area contributed by atoms with Crippen LogP contribution in [0.2, 0.25) is 0 Å². The third-order valence-corrected chi connectivity index (χ3v) is 9.61. The maximum Gasteiger partial charge on any atom is 0.243 e. The number of thioether (sulfide) groups is 1. The van der Waals surface area contributed by atoms with E-state index in [-0.39, 0.29) is 22.6 Å². The van der Waals surface area contributed by atoms with Crippen molar-refractivity contribution in [2.24, 2.45) is 5.92 Å². The highest BCUT2D eigenvalue weighted by atomic mass is 32.2. The van der Waals surface area contributed by atoms with Crippen LogP contribution < -0.4 is 4.90 Å². The molecule has 3 aromatic rings. The number of nitrogens with zero attached hydrogens (tertiary/aromatic N) is 5. The second-order valence-electron chi connectivity index (χ2n) is 10.1. The minimum Gasteiger partial charge on any atom is -0.379 e. The molecule has 9 nitrogen and oxygen atoms in total. The summed E-state index contributed by atoms with van der Waals surface area (Å²) in [6.45, 7) is 8.38. The van der Waals surface area contributed by atoms with Gasteiger partial charge in [-0.15, -0.1) is 10.2 Å². The van der Waals surface area contributed by atoms with Crippen molar-refractivity contribution in [3.8, 4) is 11.4 Å². The first-order valence-electron chi connectivity index (χ1n) is 12.9. The molecule has 2 aliphatic heterocycles. The van der Waals surface area contributed by atoms with E-state index in [2.05, 4.69) is 37.0 Å². The van der Waals surface area contributed by atoms with Crippen LogP contribution in [0.3, 0.4) is 0 Å². The molecule has 0 radical (unpaired) electrons. The number of para-hydroxylation sites is 1. The number of carbonyl (C=O) groups is 1. The zero-order valence-electron chi connectivity index (χ0n) is 21.9. The number of hydrogen-bond donors (Lipinski definition) is 0. The normalized spacial score (nSPS) is 18.2. The van der Waals surface area contributed by atoms with Gasteiger partial charge in [-0.1, -0.05) is 55.9 Å². The summed E-state index contributed by atoms with van der Waals surface area (Å²) >= 11 is 1.37. The molecule has 2 aromatic carbocycles. The lowest BCUT2D eigenvalue weighted by Crippen LogP contribution is -2.40. The van der Waals surface area contributed by atoms with E-state index in [1.165, 1.54) is 21.6 Å². The Bertz CT molecular complexity index is 1420. The molecule has 0 spiro atoms. The lowest BCUT2D eigenvalue weighted by molar-refractivity contribution is -0.116. The Morgan fingerprint density at radius 3 is 2.63 bits per heavy atom. The number of morpholine rings is 1. The van der Waals surface area contributed by atoms with Gasteiger partial charge >= 0.3 is 0 Å². The molecule has 0 saturated carbocycles. The molecule has 0 aliphatic carbocycles. The molecule has 5 rings (SSSR count). The molecule has 1 aromatic heterocycles. The summed E-state index contributed by atoms with van der Waals surface area (Å²) in [5.41, 5.74) is 2.84. The number of amides is 1. The molecule has 3 heterocycles. The van der Waals surface area contributed by atoms with Crippen LogP contribution >= 0.6 is 11.8 Å². The van der Waals surface area contributed by atoms with Crippen LogP contribution in [-0.2, 0) is 32.5 Å². The summed E-state index contributed by atoms with van der Waals surface area (Å²) in [5, 5.41) is 9.50. The molecule has 1 fully saturated rings. The molecule has 0 bridgehead atoms. The van der Waals surface area contributed by atoms with Crippen molar-refractivity contribution < 1.29 is 17.9 Å². The van der Waals surface area contributed by atoms with Gasteiger partial charge in [0.05, 0.1) is 23.9 Å². The van der Waals surface area contributed by atoms with Crippen molar-refractivity contribution in [2.45, 2.75) is 49.8 Å². The number of aromatic nitrogens is 3. The largest absolute Gasteiger partial charge is 0.379 e. The fourth-order valence-electron chi connectivity index (χ4n) is 5.01. The zero-order chi connectivity index (χ0) is 26.9. The van der Waals surface area contributed by atoms with E-state index < -0.39 is 10.0 Å². The van der Waals surface area contributed by atoms with Gasteiger partial charge in [-0.05, 0) is 43.0 Å². The fraction of sp³-hybridized carbons (Fsp3) is 0.444. The summed E-state index contributed by atoms with van der Waals surface area (Å²) in [7, 11) is -3.64. The van der Waals surface area contributed by atoms with Crippen LogP contribution in [0, 0.1) is 5.92 Å². The molecular weight excluding hydrogens is 522 g/mol. The van der Waals surface area contributed by atoms with Gasteiger partial charge < -0.3 is 14.2 Å². The summed E-state index contributed by atoms with van der Waals surface area (Å²) in [4.78, 5) is 15.4. The standard InChI is InChI=1S/C27H33N5O4S2/c1-19(2)17-31-26(22-8-6-9-23(16-22)38(34,35)30-11-13-36-14-12-30)28-29-27(31)37-18-25(33)32-20(3)15-21-7-4-5-10-24(21)32/h4-10,16,19-20H,11-15,17-18H2,1-3H3/t20-/m1/s1. The van der Waals surface area contributed by atoms with E-state index in [1.807, 2.05) is 33.7 Å². The van der Waals surface area contributed by atoms with Crippen LogP contribution in [-0.4, -0.2) is 71.5 Å². The predicted molar refractivity (Wildman–Crippen MR) is 148 cm³/mol. The smallest absolute Gasteiger partial charge is 0.243 e. The van der Waals surface area contributed by atoms with Gasteiger partial charge in [-0.25, -0.2) is 8.42 Å². The second-order valence-corrected chi connectivity index (χ2v) is 13.0. The first-order chi connectivity index (χ1) is 18.3. The maximum atomic E-state index is 13.3. The van der Waals surface area contributed by atoms with Crippen molar-refractivity contribution in [1.29, 1.82) is 0 Å². The zero-order valence-corrected chi connectivity index (χ0v) is 23.5. The van der Waals surface area contributed by atoms with E-state index in [1.54, 1.807) is 18.2 Å². The third kappa shape index (κ3) is 5.38. The van der Waals surface area contributed by atoms with Crippen molar-refractivity contribution in [3.05, 3.63) is 54.1 Å². The van der Waals surface area contributed by atoms with Crippen LogP contribution in [0.15, 0.2) is 58.6 Å². The summed E-state index contributed by atoms with van der Waals surface area (Å²) < 4.78 is 35.2. The highest BCUT2D eigenvalue weighted by Gasteiger charge is 2.31. The van der Waals surface area contributed by atoms with Crippen LogP contribution in [0.4, 0.5) is 5.69 Å². The summed E-state index contributed by atoms with van der Waals surface area (Å²) in [6.07, 6.45) is 0.851. The van der Waals surface area contributed by atoms with E-state index in [0.29, 0.717) is 55.3 Å². The van der Waals surface area contributed by atoms with Crippen LogP contribution in [0.1, 0.15) is 26.3 Å². The Morgan fingerprint density at radius 2 is 1.87 bits per heavy atom. The monoisotopic (exact) mass is 555 g/mol. The first kappa shape index (κ1) is 26.9. The van der Waals surface area contributed by atoms with Crippen molar-refractivity contribution >= 4 is 33.4 Å². The Kier molecular flexibility index (Phi) is 7.90. The van der Waals surface area contributed by atoms with E-state index in [0.717, 1.165) is 12.1 Å². The fourth-order valence-corrected chi connectivity index (χ4v) is 7.27. The van der Waals surface area contributed by atoms with E-state index in [4.69, 9.17) is 4.74 Å². The topological polar surface area (TPSA) is 97.6 Å². The number of hydrogen-bond acceptors (Lipinski definition) is 7. The van der Waals surface area contributed by atoms with Gasteiger partial charge in [0.1, 0.15) is 0 Å². The highest BCUT2D eigenvalue weighted by molar-refractivity contribution is 7.99. The molecular formula is C27H33N5O4S2. The van der Waals surface area contributed by atoms with Crippen molar-refractivity contribution in [2.75, 3.05) is 37.0 Å². The van der Waals surface area contributed by atoms with Crippen LogP contribution in [0.25, 0.3) is 11.4 Å². The molecule has 1 amide bonds. The Morgan fingerprint density at radius 1 is 1.11 bits per heavy atom. The minimum absolute atomic E-state index is 0.0340. The number of anilines is 1. The van der Waals surface area contributed by atoms with Gasteiger partial charge in [0.25, 0.3) is 0 Å². The summed E-state index contributed by atoms with van der Waals surface area (Å²) in [6, 6.07) is 15.0. The van der Waals surface area contributed by atoms with Crippen LogP contribution in [0.5, 0.6) is 0 Å². The molecule has 2 aliphatic rings. The number of benzene rings is 2. The molecule has 202 valence electrons. The molecule has 38 heavy (non-hydrogen) atoms. The quantitative estimate of drug-likeness (QED) is 0.391. The van der Waals surface area contributed by atoms with Gasteiger partial charge in [-0.3, -0.25) is 4.79 Å². The highest BCUT2D eigenvalue weighted by Crippen LogP contribution is 2.33. The number of rotatable bonds is 8. The second kappa shape index (κ2) is 11.2. The molecule has 11 heteroatoms. The minimum atomic E-state index is -3.64. The molecule has 1 atom stereocenters. The van der Waals surface area contributed by atoms with Gasteiger partial charge in [0, 0.05) is 36.9 Å². The third-order valence-electron chi connectivity index (χ3n) is 6.77. The number of sulfonamides is 1. The van der Waals surface area contributed by atoms with Crippen molar-refractivity contribution in [1.82, 2.24) is 19.1 Å². The van der Waals surface area contributed by atoms with Gasteiger partial charge in [-0.2, -0.15) is 4.31 Å². The summed E-state index contributed by atoms with van der Waals surface area (Å²) in [5.74, 6) is 1.16. The van der Waals surface area contributed by atoms with E-state index in [9.17, 15) is 13.2 Å². The number of ether oxygens (including phenoxy) is 1. The van der Waals surface area contributed by atoms with E-state index >= 15 is 0 Å². The lowest BCUT2D eigenvalue weighted by Gasteiger charge is -2.26. The average molecular weight is 556 g/mol. The molecule has 0 N–H and O–H groups in total. The lowest BCUT2D eigenvalue weighted by atomic mass is 10.1. The Hall–Kier alpha value is -2.73. The molecule has 1 saturated heterocycles. The Labute approximate surface area is 228 Å². The van der Waals surface area contributed by atoms with Gasteiger partial charge in [0.15, 0.2) is 11.0 Å².